The molecule has 3 nitrogen and oxygen atoms in total. The van der Waals surface area contributed by atoms with Crippen molar-refractivity contribution in [1.82, 2.24) is 9.97 Å². The molecule has 0 atom stereocenters. The number of aromatic nitrogens is 2. The van der Waals surface area contributed by atoms with Crippen LogP contribution in [0.15, 0.2) is 66.0 Å². The van der Waals surface area contributed by atoms with E-state index in [0.717, 1.165) is 38.7 Å². The van der Waals surface area contributed by atoms with Gasteiger partial charge in [0.2, 0.25) is 0 Å². The number of thiophene rings is 1. The molecular weight excluding hydrogens is 314 g/mol. The van der Waals surface area contributed by atoms with E-state index in [1.165, 1.54) is 0 Å². The van der Waals surface area contributed by atoms with Crippen molar-refractivity contribution in [2.24, 2.45) is 0 Å². The molecule has 0 spiro atoms. The molecule has 1 N–H and O–H groups in total. The molecule has 4 heteroatoms. The van der Waals surface area contributed by atoms with Crippen LogP contribution < -0.4 is 5.32 Å². The third-order valence-corrected chi connectivity index (χ3v) is 4.49. The zero-order chi connectivity index (χ0) is 16.4. The van der Waals surface area contributed by atoms with Gasteiger partial charge in [-0.25, -0.2) is 9.97 Å². The summed E-state index contributed by atoms with van der Waals surface area (Å²) in [6.07, 6.45) is 5.49. The average molecular weight is 327 g/mol. The average Bonchev–Trinajstić information content (AvgIpc) is 3.16. The normalized spacial score (nSPS) is 10.5. The van der Waals surface area contributed by atoms with Crippen molar-refractivity contribution in [1.29, 1.82) is 0 Å². The minimum absolute atomic E-state index is 0.727. The molecule has 0 unspecified atom stereocenters. The minimum Gasteiger partial charge on any atom is -0.338 e. The highest BCUT2D eigenvalue weighted by molar-refractivity contribution is 7.13. The molecule has 4 aromatic rings. The first-order chi connectivity index (χ1) is 11.8. The molecule has 24 heavy (non-hydrogen) atoms. The van der Waals surface area contributed by atoms with Crippen molar-refractivity contribution in [3.63, 3.8) is 0 Å². The van der Waals surface area contributed by atoms with E-state index in [4.69, 9.17) is 16.4 Å². The van der Waals surface area contributed by atoms with Crippen LogP contribution in [-0.2, 0) is 0 Å². The van der Waals surface area contributed by atoms with Crippen LogP contribution in [0.1, 0.15) is 5.56 Å². The van der Waals surface area contributed by atoms with Gasteiger partial charge in [-0.05, 0) is 41.8 Å². The molecule has 4 rings (SSSR count). The molecule has 0 amide bonds. The van der Waals surface area contributed by atoms with Gasteiger partial charge in [-0.3, -0.25) is 0 Å². The summed E-state index contributed by atoms with van der Waals surface area (Å²) in [4.78, 5) is 10.6. The van der Waals surface area contributed by atoms with Crippen molar-refractivity contribution >= 4 is 33.9 Å². The van der Waals surface area contributed by atoms with Crippen molar-refractivity contribution < 1.29 is 0 Å². The molecule has 0 fully saturated rings. The van der Waals surface area contributed by atoms with Crippen LogP contribution in [0.4, 0.5) is 11.5 Å². The van der Waals surface area contributed by atoms with Crippen LogP contribution in [-0.4, -0.2) is 9.97 Å². The topological polar surface area (TPSA) is 37.8 Å². The Kier molecular flexibility index (Phi) is 3.70. The van der Waals surface area contributed by atoms with Gasteiger partial charge in [0.1, 0.15) is 5.69 Å². The first-order valence-corrected chi connectivity index (χ1v) is 8.36. The molecule has 0 bridgehead atoms. The second-order valence-corrected chi connectivity index (χ2v) is 6.18. The maximum atomic E-state index is 5.49. The van der Waals surface area contributed by atoms with Gasteiger partial charge in [0, 0.05) is 11.3 Å². The highest BCUT2D eigenvalue weighted by Gasteiger charge is 2.12. The smallest absolute Gasteiger partial charge is 0.158 e. The summed E-state index contributed by atoms with van der Waals surface area (Å²) in [6.45, 7) is 0. The lowest BCUT2D eigenvalue weighted by atomic mass is 10.2. The van der Waals surface area contributed by atoms with Gasteiger partial charge in [-0.15, -0.1) is 17.8 Å². The second kappa shape index (κ2) is 6.15. The quantitative estimate of drug-likeness (QED) is 0.533. The summed E-state index contributed by atoms with van der Waals surface area (Å²) in [5.41, 5.74) is 4.30. The molecule has 0 saturated carbocycles. The van der Waals surface area contributed by atoms with E-state index in [2.05, 4.69) is 11.2 Å². The van der Waals surface area contributed by atoms with E-state index in [9.17, 15) is 0 Å². The number of hydrogen-bond donors (Lipinski definition) is 1. The second-order valence-electron chi connectivity index (χ2n) is 5.24. The Labute approximate surface area is 144 Å². The van der Waals surface area contributed by atoms with Gasteiger partial charge in [0.05, 0.1) is 15.9 Å². The molecule has 114 valence electrons. The third kappa shape index (κ3) is 2.73. The number of para-hydroxylation sites is 2. The number of benzene rings is 2. The highest BCUT2D eigenvalue weighted by Crippen LogP contribution is 2.32. The largest absolute Gasteiger partial charge is 0.338 e. The van der Waals surface area contributed by atoms with Crippen molar-refractivity contribution in [3.05, 3.63) is 71.6 Å². The highest BCUT2D eigenvalue weighted by atomic mass is 32.1. The molecular formula is C20H13N3S. The number of hydrogen-bond acceptors (Lipinski definition) is 4. The predicted molar refractivity (Wildman–Crippen MR) is 101 cm³/mol. The number of fused-ring (bicyclic) bond motifs is 1. The van der Waals surface area contributed by atoms with E-state index in [-0.39, 0.29) is 0 Å². The van der Waals surface area contributed by atoms with E-state index >= 15 is 0 Å². The maximum Gasteiger partial charge on any atom is 0.158 e. The number of nitrogens with one attached hydrogen (secondary N) is 1. The Morgan fingerprint density at radius 1 is 0.917 bits per heavy atom. The maximum absolute atomic E-state index is 5.49. The summed E-state index contributed by atoms with van der Waals surface area (Å²) in [7, 11) is 0. The van der Waals surface area contributed by atoms with E-state index in [0.29, 0.717) is 0 Å². The molecule has 0 aliphatic rings. The fourth-order valence-electron chi connectivity index (χ4n) is 2.50. The van der Waals surface area contributed by atoms with Crippen molar-refractivity contribution in [2.45, 2.75) is 0 Å². The summed E-state index contributed by atoms with van der Waals surface area (Å²) in [5.74, 6) is 3.38. The minimum atomic E-state index is 0.727. The lowest BCUT2D eigenvalue weighted by Crippen LogP contribution is -1.99. The van der Waals surface area contributed by atoms with Crippen LogP contribution in [0.25, 0.3) is 21.6 Å². The number of anilines is 2. The number of rotatable bonds is 3. The van der Waals surface area contributed by atoms with Crippen LogP contribution in [0, 0.1) is 12.3 Å². The zero-order valence-corrected chi connectivity index (χ0v) is 13.5. The number of nitrogens with zero attached hydrogens (tertiary/aromatic N) is 2. The molecule has 0 radical (unpaired) electrons. The van der Waals surface area contributed by atoms with Gasteiger partial charge in [-0.2, -0.15) is 0 Å². The van der Waals surface area contributed by atoms with Crippen molar-refractivity contribution in [3.8, 4) is 22.9 Å². The van der Waals surface area contributed by atoms with Crippen molar-refractivity contribution in [2.75, 3.05) is 5.32 Å². The lowest BCUT2D eigenvalue weighted by Gasteiger charge is -2.11. The summed E-state index contributed by atoms with van der Waals surface area (Å²) < 4.78 is 0. The Bertz CT molecular complexity index is 1050. The molecule has 0 aliphatic carbocycles. The zero-order valence-electron chi connectivity index (χ0n) is 12.7. The fourth-order valence-corrected chi connectivity index (χ4v) is 3.21. The van der Waals surface area contributed by atoms with Gasteiger partial charge in [0.25, 0.3) is 0 Å². The Hall–Kier alpha value is -3.16. The van der Waals surface area contributed by atoms with Gasteiger partial charge >= 0.3 is 0 Å². The molecule has 2 aromatic carbocycles. The fraction of sp³-hybridized carbons (Fsp3) is 0. The molecule has 0 saturated heterocycles. The molecule has 2 heterocycles. The van der Waals surface area contributed by atoms with Crippen LogP contribution >= 0.6 is 11.3 Å². The van der Waals surface area contributed by atoms with E-state index in [1.807, 2.05) is 66.0 Å². The van der Waals surface area contributed by atoms with Crippen LogP contribution in [0.3, 0.4) is 0 Å². The third-order valence-electron chi connectivity index (χ3n) is 3.62. The lowest BCUT2D eigenvalue weighted by molar-refractivity contribution is 1.29. The molecule has 2 aromatic heterocycles. The Balaban J connectivity index is 1.86. The standard InChI is InChI=1S/C20H13N3S/c1-2-14-7-5-8-15(13-14)21-20-19(18-11-6-12-24-18)22-16-9-3-4-10-17(16)23-20/h1,3-13H,(H,21,23). The van der Waals surface area contributed by atoms with Gasteiger partial charge < -0.3 is 5.32 Å². The van der Waals surface area contributed by atoms with E-state index in [1.54, 1.807) is 11.3 Å². The predicted octanol–water partition coefficient (Wildman–Crippen LogP) is 5.08. The Morgan fingerprint density at radius 3 is 2.50 bits per heavy atom. The summed E-state index contributed by atoms with van der Waals surface area (Å²) in [5, 5.41) is 5.40. The van der Waals surface area contributed by atoms with E-state index < -0.39 is 0 Å². The summed E-state index contributed by atoms with van der Waals surface area (Å²) in [6, 6.07) is 19.7. The van der Waals surface area contributed by atoms with Crippen LogP contribution in [0.2, 0.25) is 0 Å². The monoisotopic (exact) mass is 327 g/mol. The first kappa shape index (κ1) is 14.4. The SMILES string of the molecule is C#Cc1cccc(Nc2nc3ccccc3nc2-c2cccs2)c1. The molecule has 0 aliphatic heterocycles. The summed E-state index contributed by atoms with van der Waals surface area (Å²) >= 11 is 1.64. The van der Waals surface area contributed by atoms with Crippen LogP contribution in [0.5, 0.6) is 0 Å². The van der Waals surface area contributed by atoms with Gasteiger partial charge in [-0.1, -0.05) is 30.2 Å². The number of terminal acetylenes is 1. The first-order valence-electron chi connectivity index (χ1n) is 7.48. The van der Waals surface area contributed by atoms with Gasteiger partial charge in [0.15, 0.2) is 5.82 Å². The Morgan fingerprint density at radius 2 is 1.75 bits per heavy atom.